The zero-order chi connectivity index (χ0) is 51.8. The van der Waals surface area contributed by atoms with Crippen molar-refractivity contribution >= 4 is 17.9 Å². The van der Waals surface area contributed by atoms with Crippen LogP contribution >= 0.6 is 0 Å². The molecule has 0 aromatic carbocycles. The topological polar surface area (TPSA) is 327 Å². The summed E-state index contributed by atoms with van der Waals surface area (Å²) in [4.78, 5) is 34.9. The van der Waals surface area contributed by atoms with Crippen LogP contribution in [0.3, 0.4) is 0 Å². The van der Waals surface area contributed by atoms with Crippen LogP contribution in [0, 0.1) is 5.92 Å². The second kappa shape index (κ2) is 33.6. The molecule has 0 aliphatic carbocycles. The molecule has 3 aliphatic rings. The van der Waals surface area contributed by atoms with Gasteiger partial charge in [0.25, 0.3) is 0 Å². The molecule has 3 saturated heterocycles. The smallest absolute Gasteiger partial charge is 0.332 e. The van der Waals surface area contributed by atoms with Crippen LogP contribution in [-0.2, 0) is 52.3 Å². The molecule has 3 fully saturated rings. The van der Waals surface area contributed by atoms with Crippen molar-refractivity contribution in [1.29, 1.82) is 0 Å². The second-order valence-corrected chi connectivity index (χ2v) is 19.7. The number of aliphatic hydroxyl groups is 9. The highest BCUT2D eigenvalue weighted by molar-refractivity contribution is 5.71. The van der Waals surface area contributed by atoms with Crippen molar-refractivity contribution in [2.75, 3.05) is 19.8 Å². The molecule has 0 amide bonds. The molecule has 0 aromatic rings. The summed E-state index contributed by atoms with van der Waals surface area (Å²) >= 11 is 0. The Morgan fingerprint density at radius 3 is 1.70 bits per heavy atom. The van der Waals surface area contributed by atoms with Gasteiger partial charge in [0.2, 0.25) is 0 Å². The maximum absolute atomic E-state index is 12.3. The molecule has 0 radical (unpaired) electrons. The minimum Gasteiger partial charge on any atom is -0.479 e. The molecular formula is C49H88O21. The molecule has 0 saturated carbocycles. The van der Waals surface area contributed by atoms with E-state index in [1.54, 1.807) is 0 Å². The first kappa shape index (κ1) is 62.1. The number of carbonyl (C=O) groups excluding carboxylic acids is 2. The largest absolute Gasteiger partial charge is 0.479 e. The van der Waals surface area contributed by atoms with Gasteiger partial charge in [-0.15, -0.1) is 0 Å². The van der Waals surface area contributed by atoms with Crippen LogP contribution in [0.15, 0.2) is 0 Å². The van der Waals surface area contributed by atoms with Crippen LogP contribution in [0.5, 0.6) is 0 Å². The quantitative estimate of drug-likeness (QED) is 0.0321. The van der Waals surface area contributed by atoms with Crippen molar-refractivity contribution in [1.82, 2.24) is 0 Å². The molecule has 70 heavy (non-hydrogen) atoms. The third kappa shape index (κ3) is 22.1. The van der Waals surface area contributed by atoms with Crippen LogP contribution < -0.4 is 0 Å². The number of rotatable bonds is 35. The molecular weight excluding hydrogens is 925 g/mol. The van der Waals surface area contributed by atoms with E-state index in [0.29, 0.717) is 38.5 Å². The zero-order valence-corrected chi connectivity index (χ0v) is 41.8. The number of aliphatic hydroxyl groups excluding tert-OH is 9. The number of carbonyl (C=O) groups is 3. The molecule has 21 nitrogen and oxygen atoms in total. The molecule has 21 heteroatoms. The summed E-state index contributed by atoms with van der Waals surface area (Å²) in [5, 5.41) is 105. The second-order valence-electron chi connectivity index (χ2n) is 19.7. The van der Waals surface area contributed by atoms with Crippen molar-refractivity contribution in [3.63, 3.8) is 0 Å². The standard InChI is InChI=1S/C49H88O21/c1-5-6-20-31(21-19-24-33(52)32(51)22-17-15-13-11-9-7-8-10-12-14-16-18-23-34(53)46(61)62)67-48-44(39(56)35(54)26-64-48)70-49-45(41(58)37(28-65-49)66-30(4)50)69-47-43(60)42(59)40(57)36(68-47)27-63-38(55)25-29(2)3/h29,31-37,39-45,47-49,51-54,56-60H,5-28H2,1-4H3,(H,61,62)/t31?,32-,33+,34-,35+,36?,37+,39-,40+,41?,42-,43+,44+,45+,47-,48?,49-/m1/s1. The minimum atomic E-state index is -1.91. The van der Waals surface area contributed by atoms with Crippen LogP contribution in [0.4, 0.5) is 0 Å². The fourth-order valence-electron chi connectivity index (χ4n) is 8.83. The van der Waals surface area contributed by atoms with Crippen molar-refractivity contribution in [3.05, 3.63) is 0 Å². The van der Waals surface area contributed by atoms with E-state index in [-0.39, 0.29) is 18.9 Å². The van der Waals surface area contributed by atoms with Gasteiger partial charge in [-0.2, -0.15) is 0 Å². The summed E-state index contributed by atoms with van der Waals surface area (Å²) in [6.07, 6.45) is -7.89. The van der Waals surface area contributed by atoms with E-state index in [2.05, 4.69) is 0 Å². The fraction of sp³-hybridized carbons (Fsp3) is 0.939. The van der Waals surface area contributed by atoms with E-state index in [4.69, 9.17) is 43.0 Å². The number of aliphatic carboxylic acids is 1. The Hall–Kier alpha value is -2.19. The van der Waals surface area contributed by atoms with Gasteiger partial charge in [-0.3, -0.25) is 9.59 Å². The Balaban J connectivity index is 1.53. The summed E-state index contributed by atoms with van der Waals surface area (Å²) < 4.78 is 46.6. The van der Waals surface area contributed by atoms with Gasteiger partial charge >= 0.3 is 17.9 Å². The first-order valence-corrected chi connectivity index (χ1v) is 25.9. The fourth-order valence-corrected chi connectivity index (χ4v) is 8.83. The number of esters is 2. The maximum atomic E-state index is 12.3. The SMILES string of the molecule is CCCCC(CCC[C@H](O)[C@H](O)CCCCCCCCCCCCCC[C@@H](O)C(=O)O)OC1OC[C@H](O)[C@@H](O)[C@@H]1O[C@H]1OC[C@H](OC(C)=O)C(O)[C@@H]1O[C@H]1OC(COC(=O)CC(C)C)[C@H](O)[C@@H](O)[C@@H]1O. The molecule has 17 atom stereocenters. The van der Waals surface area contributed by atoms with Gasteiger partial charge in [-0.1, -0.05) is 111 Å². The van der Waals surface area contributed by atoms with Crippen LogP contribution in [-0.4, -0.2) is 193 Å². The molecule has 0 spiro atoms. The highest BCUT2D eigenvalue weighted by Crippen LogP contribution is 2.33. The molecule has 410 valence electrons. The molecule has 3 heterocycles. The Morgan fingerprint density at radius 1 is 0.600 bits per heavy atom. The third-order valence-electron chi connectivity index (χ3n) is 13.1. The highest BCUT2D eigenvalue weighted by Gasteiger charge is 2.52. The van der Waals surface area contributed by atoms with Gasteiger partial charge in [0.05, 0.1) is 31.5 Å². The molecule has 0 bridgehead atoms. The summed E-state index contributed by atoms with van der Waals surface area (Å²) in [6.45, 7) is 5.49. The Kier molecular flexibility index (Phi) is 29.8. The van der Waals surface area contributed by atoms with Crippen molar-refractivity contribution < 1.29 is 103 Å². The summed E-state index contributed by atoms with van der Waals surface area (Å²) in [5.41, 5.74) is 0. The van der Waals surface area contributed by atoms with Gasteiger partial charge in [-0.05, 0) is 44.4 Å². The lowest BCUT2D eigenvalue weighted by Gasteiger charge is -2.46. The number of carboxylic acid groups (broad SMARTS) is 1. The lowest BCUT2D eigenvalue weighted by molar-refractivity contribution is -0.380. The summed E-state index contributed by atoms with van der Waals surface area (Å²) in [6, 6.07) is 0. The van der Waals surface area contributed by atoms with Crippen molar-refractivity contribution in [3.8, 4) is 0 Å². The number of carboxylic acids is 1. The highest BCUT2D eigenvalue weighted by atomic mass is 16.8. The predicted octanol–water partition coefficient (Wildman–Crippen LogP) is 2.26. The first-order chi connectivity index (χ1) is 33.3. The molecule has 0 aromatic heterocycles. The van der Waals surface area contributed by atoms with Gasteiger partial charge in [0.15, 0.2) is 31.1 Å². The van der Waals surface area contributed by atoms with Gasteiger partial charge in [-0.25, -0.2) is 4.79 Å². The molecule has 3 aliphatic heterocycles. The predicted molar refractivity (Wildman–Crippen MR) is 248 cm³/mol. The summed E-state index contributed by atoms with van der Waals surface area (Å²) in [5.74, 6) is -2.54. The lowest BCUT2D eigenvalue weighted by Crippen LogP contribution is -2.65. The Morgan fingerprint density at radius 2 is 1.13 bits per heavy atom. The molecule has 10 N–H and O–H groups in total. The van der Waals surface area contributed by atoms with Crippen molar-refractivity contribution in [2.45, 2.75) is 267 Å². The number of unbranched alkanes of at least 4 members (excludes halogenated alkanes) is 12. The maximum Gasteiger partial charge on any atom is 0.332 e. The number of hydrogen-bond acceptors (Lipinski definition) is 20. The van der Waals surface area contributed by atoms with E-state index >= 15 is 0 Å². The first-order valence-electron chi connectivity index (χ1n) is 25.9. The van der Waals surface area contributed by atoms with Crippen LogP contribution in [0.2, 0.25) is 0 Å². The Bertz CT molecular complexity index is 1440. The Labute approximate surface area is 413 Å². The number of hydrogen-bond donors (Lipinski definition) is 10. The number of ether oxygens (including phenoxy) is 8. The van der Waals surface area contributed by atoms with E-state index < -0.39 is 135 Å². The average molecular weight is 1010 g/mol. The summed E-state index contributed by atoms with van der Waals surface area (Å²) in [7, 11) is 0. The normalized spacial score (nSPS) is 31.2. The van der Waals surface area contributed by atoms with Crippen LogP contribution in [0.1, 0.15) is 163 Å². The van der Waals surface area contributed by atoms with E-state index in [1.165, 1.54) is 0 Å². The van der Waals surface area contributed by atoms with Crippen molar-refractivity contribution in [2.24, 2.45) is 5.92 Å². The van der Waals surface area contributed by atoms with Gasteiger partial charge in [0, 0.05) is 13.3 Å². The lowest BCUT2D eigenvalue weighted by atomic mass is 9.98. The minimum absolute atomic E-state index is 0.0270. The zero-order valence-electron chi connectivity index (χ0n) is 41.8. The van der Waals surface area contributed by atoms with Gasteiger partial charge < -0.3 is 89.0 Å². The van der Waals surface area contributed by atoms with E-state index in [9.17, 15) is 60.3 Å². The van der Waals surface area contributed by atoms with Gasteiger partial charge in [0.1, 0.15) is 61.5 Å². The van der Waals surface area contributed by atoms with Crippen LogP contribution in [0.25, 0.3) is 0 Å². The third-order valence-corrected chi connectivity index (χ3v) is 13.1. The molecule has 4 unspecified atom stereocenters. The van der Waals surface area contributed by atoms with E-state index in [0.717, 1.165) is 96.8 Å². The molecule has 3 rings (SSSR count). The van der Waals surface area contributed by atoms with E-state index in [1.807, 2.05) is 20.8 Å². The monoisotopic (exact) mass is 1010 g/mol. The average Bonchev–Trinajstić information content (AvgIpc) is 3.31.